The van der Waals surface area contributed by atoms with E-state index in [9.17, 15) is 0 Å². The summed E-state index contributed by atoms with van der Waals surface area (Å²) in [4.78, 5) is 0. The highest BCUT2D eigenvalue weighted by atomic mass is 79.9. The van der Waals surface area contributed by atoms with E-state index in [4.69, 9.17) is 4.74 Å². The number of benzene rings is 1. The van der Waals surface area contributed by atoms with Gasteiger partial charge >= 0.3 is 0 Å². The molecule has 0 N–H and O–H groups in total. The summed E-state index contributed by atoms with van der Waals surface area (Å²) < 4.78 is 5.79. The van der Waals surface area contributed by atoms with Gasteiger partial charge in [0.15, 0.2) is 0 Å². The number of unbranched alkanes of at least 4 members (excludes halogenated alkanes) is 1. The van der Waals surface area contributed by atoms with Crippen LogP contribution >= 0.6 is 31.9 Å². The van der Waals surface area contributed by atoms with E-state index in [1.807, 2.05) is 18.2 Å². The summed E-state index contributed by atoms with van der Waals surface area (Å²) >= 11 is 6.92. The second kappa shape index (κ2) is 6.46. The van der Waals surface area contributed by atoms with Gasteiger partial charge in [0.05, 0.1) is 10.3 Å². The van der Waals surface area contributed by atoms with Crippen molar-refractivity contribution in [1.29, 1.82) is 0 Å². The summed E-state index contributed by atoms with van der Waals surface area (Å²) in [5.74, 6) is 0.944. The Balaban J connectivity index is 2.55. The van der Waals surface area contributed by atoms with Crippen LogP contribution in [0.2, 0.25) is 0 Å². The first-order valence-corrected chi connectivity index (χ1v) is 6.58. The van der Waals surface area contributed by atoms with Crippen molar-refractivity contribution in [3.63, 3.8) is 0 Å². The third kappa shape index (κ3) is 4.01. The second-order valence-electron chi connectivity index (χ2n) is 3.08. The Morgan fingerprint density at radius 3 is 2.79 bits per heavy atom. The van der Waals surface area contributed by atoms with Crippen molar-refractivity contribution in [1.82, 2.24) is 0 Å². The number of halogens is 2. The number of rotatable bonds is 5. The Bertz CT molecular complexity index is 274. The molecule has 0 amide bonds. The van der Waals surface area contributed by atoms with Gasteiger partial charge < -0.3 is 4.74 Å². The first-order valence-electron chi connectivity index (χ1n) is 4.75. The van der Waals surface area contributed by atoms with Gasteiger partial charge in [0.2, 0.25) is 0 Å². The average molecular weight is 322 g/mol. The molecule has 0 aliphatic carbocycles. The van der Waals surface area contributed by atoms with Gasteiger partial charge in [0.1, 0.15) is 5.75 Å². The highest BCUT2D eigenvalue weighted by Crippen LogP contribution is 2.30. The minimum Gasteiger partial charge on any atom is -0.494 e. The number of hydrogen-bond acceptors (Lipinski definition) is 1. The van der Waals surface area contributed by atoms with Crippen molar-refractivity contribution in [2.24, 2.45) is 0 Å². The standard InChI is InChI=1S/C11H14Br2O/c1-2-3-7-14-10-6-4-5-9(8-10)11(12)13/h4-6,8,11H,2-3,7H2,1H3. The van der Waals surface area contributed by atoms with Gasteiger partial charge in [-0.1, -0.05) is 57.3 Å². The summed E-state index contributed by atoms with van der Waals surface area (Å²) in [5, 5.41) is 0. The van der Waals surface area contributed by atoms with Crippen LogP contribution in [-0.4, -0.2) is 6.61 Å². The Labute approximate surface area is 102 Å². The van der Waals surface area contributed by atoms with Crippen molar-refractivity contribution >= 4 is 31.9 Å². The Kier molecular flexibility index (Phi) is 5.56. The number of alkyl halides is 2. The molecule has 1 rings (SSSR count). The van der Waals surface area contributed by atoms with E-state index in [0.717, 1.165) is 18.8 Å². The smallest absolute Gasteiger partial charge is 0.119 e. The molecule has 78 valence electrons. The lowest BCUT2D eigenvalue weighted by Crippen LogP contribution is -1.96. The molecule has 0 aliphatic heterocycles. The Hall–Kier alpha value is -0.0200. The van der Waals surface area contributed by atoms with E-state index < -0.39 is 0 Å². The average Bonchev–Trinajstić information content (AvgIpc) is 2.19. The molecule has 0 atom stereocenters. The molecule has 0 spiro atoms. The van der Waals surface area contributed by atoms with Crippen molar-refractivity contribution in [2.75, 3.05) is 6.61 Å². The highest BCUT2D eigenvalue weighted by molar-refractivity contribution is 9.24. The molecular weight excluding hydrogens is 308 g/mol. The molecular formula is C11H14Br2O. The van der Waals surface area contributed by atoms with Gasteiger partial charge in [-0.2, -0.15) is 0 Å². The predicted molar refractivity (Wildman–Crippen MR) is 67.4 cm³/mol. The Morgan fingerprint density at radius 2 is 2.14 bits per heavy atom. The maximum absolute atomic E-state index is 5.60. The van der Waals surface area contributed by atoms with E-state index in [2.05, 4.69) is 44.8 Å². The monoisotopic (exact) mass is 320 g/mol. The third-order valence-corrected chi connectivity index (χ3v) is 2.93. The molecule has 0 heterocycles. The predicted octanol–water partition coefficient (Wildman–Crippen LogP) is 4.65. The lowest BCUT2D eigenvalue weighted by atomic mass is 10.2. The molecule has 1 aromatic rings. The van der Waals surface area contributed by atoms with Gasteiger partial charge in [0, 0.05) is 0 Å². The van der Waals surface area contributed by atoms with Crippen molar-refractivity contribution in [3.8, 4) is 5.75 Å². The van der Waals surface area contributed by atoms with E-state index in [1.165, 1.54) is 12.0 Å². The summed E-state index contributed by atoms with van der Waals surface area (Å²) in [6.45, 7) is 2.96. The van der Waals surface area contributed by atoms with E-state index in [1.54, 1.807) is 0 Å². The third-order valence-electron chi connectivity index (χ3n) is 1.88. The number of hydrogen-bond donors (Lipinski definition) is 0. The van der Waals surface area contributed by atoms with Gasteiger partial charge in [0.25, 0.3) is 0 Å². The Morgan fingerprint density at radius 1 is 1.36 bits per heavy atom. The van der Waals surface area contributed by atoms with Crippen molar-refractivity contribution in [3.05, 3.63) is 29.8 Å². The molecule has 0 aliphatic rings. The minimum absolute atomic E-state index is 0.199. The SMILES string of the molecule is CCCCOc1cccc(C(Br)Br)c1. The molecule has 1 nitrogen and oxygen atoms in total. The molecule has 0 fully saturated rings. The van der Waals surface area contributed by atoms with Crippen LogP contribution in [-0.2, 0) is 0 Å². The molecule has 0 saturated heterocycles. The van der Waals surface area contributed by atoms with Crippen LogP contribution in [0.25, 0.3) is 0 Å². The lowest BCUT2D eigenvalue weighted by molar-refractivity contribution is 0.309. The molecule has 14 heavy (non-hydrogen) atoms. The molecule has 0 unspecified atom stereocenters. The van der Waals surface area contributed by atoms with Crippen LogP contribution in [0.3, 0.4) is 0 Å². The van der Waals surface area contributed by atoms with Crippen LogP contribution in [0.5, 0.6) is 5.75 Å². The fourth-order valence-electron chi connectivity index (χ4n) is 1.07. The fraction of sp³-hybridized carbons (Fsp3) is 0.455. The maximum Gasteiger partial charge on any atom is 0.119 e. The largest absolute Gasteiger partial charge is 0.494 e. The molecule has 0 radical (unpaired) electrons. The van der Waals surface area contributed by atoms with Gasteiger partial charge in [-0.3, -0.25) is 0 Å². The first kappa shape index (κ1) is 12.1. The maximum atomic E-state index is 5.60. The summed E-state index contributed by atoms with van der Waals surface area (Å²) in [6.07, 6.45) is 2.27. The zero-order chi connectivity index (χ0) is 10.4. The van der Waals surface area contributed by atoms with Crippen LogP contribution < -0.4 is 4.74 Å². The molecule has 0 aromatic heterocycles. The van der Waals surface area contributed by atoms with E-state index >= 15 is 0 Å². The van der Waals surface area contributed by atoms with Gasteiger partial charge in [-0.25, -0.2) is 0 Å². The molecule has 3 heteroatoms. The van der Waals surface area contributed by atoms with Crippen LogP contribution in [0, 0.1) is 0 Å². The van der Waals surface area contributed by atoms with Crippen molar-refractivity contribution in [2.45, 2.75) is 23.5 Å². The molecule has 0 bridgehead atoms. The lowest BCUT2D eigenvalue weighted by Gasteiger charge is -2.07. The van der Waals surface area contributed by atoms with Crippen LogP contribution in [0.4, 0.5) is 0 Å². The van der Waals surface area contributed by atoms with Crippen LogP contribution in [0.15, 0.2) is 24.3 Å². The molecule has 1 aromatic carbocycles. The summed E-state index contributed by atoms with van der Waals surface area (Å²) in [6, 6.07) is 8.10. The second-order valence-corrected chi connectivity index (χ2v) is 6.14. The quantitative estimate of drug-likeness (QED) is 0.566. The molecule has 0 saturated carbocycles. The topological polar surface area (TPSA) is 9.23 Å². The van der Waals surface area contributed by atoms with Gasteiger partial charge in [-0.15, -0.1) is 0 Å². The normalized spacial score (nSPS) is 10.6. The summed E-state index contributed by atoms with van der Waals surface area (Å²) in [7, 11) is 0. The highest BCUT2D eigenvalue weighted by Gasteiger charge is 2.03. The zero-order valence-corrected chi connectivity index (χ0v) is 11.3. The van der Waals surface area contributed by atoms with Crippen LogP contribution in [0.1, 0.15) is 29.1 Å². The number of ether oxygens (including phenoxy) is 1. The fourth-order valence-corrected chi connectivity index (χ4v) is 1.64. The van der Waals surface area contributed by atoms with Gasteiger partial charge in [-0.05, 0) is 24.1 Å². The first-order chi connectivity index (χ1) is 6.74. The summed E-state index contributed by atoms with van der Waals surface area (Å²) in [5.41, 5.74) is 1.18. The van der Waals surface area contributed by atoms with E-state index in [0.29, 0.717) is 0 Å². The van der Waals surface area contributed by atoms with E-state index in [-0.39, 0.29) is 3.74 Å². The zero-order valence-electron chi connectivity index (χ0n) is 8.17. The minimum atomic E-state index is 0.199. The van der Waals surface area contributed by atoms with Crippen molar-refractivity contribution < 1.29 is 4.74 Å².